The maximum absolute atomic E-state index is 11.4. The third-order valence-electron chi connectivity index (χ3n) is 7.03. The van der Waals surface area contributed by atoms with Crippen molar-refractivity contribution in [2.75, 3.05) is 13.2 Å². The van der Waals surface area contributed by atoms with Crippen molar-refractivity contribution in [3.05, 3.63) is 24.3 Å². The second kappa shape index (κ2) is 15.3. The van der Waals surface area contributed by atoms with E-state index in [0.29, 0.717) is 36.6 Å². The number of carbonyl (C=O) groups is 2. The molecular formula is C28H46O5. The zero-order valence-electron chi connectivity index (χ0n) is 21.1. The molecule has 0 radical (unpaired) electrons. The lowest BCUT2D eigenvalue weighted by molar-refractivity contribution is -0.139. The van der Waals surface area contributed by atoms with Crippen molar-refractivity contribution in [1.82, 2.24) is 0 Å². The normalized spacial score (nSPS) is 25.3. The Morgan fingerprint density at radius 3 is 1.52 bits per heavy atom. The fraction of sp³-hybridized carbons (Fsp3) is 0.786. The summed E-state index contributed by atoms with van der Waals surface area (Å²) in [5, 5.41) is 0. The molecule has 5 heteroatoms. The molecule has 2 aliphatic rings. The summed E-state index contributed by atoms with van der Waals surface area (Å²) in [5.74, 6) is 0.917. The van der Waals surface area contributed by atoms with Gasteiger partial charge in [0.1, 0.15) is 0 Å². The number of esters is 2. The smallest absolute Gasteiger partial charge is 0.333 e. The molecule has 188 valence electrons. The average molecular weight is 463 g/mol. The van der Waals surface area contributed by atoms with Crippen LogP contribution in [0.4, 0.5) is 0 Å². The molecule has 2 rings (SSSR count). The third kappa shape index (κ3) is 11.4. The van der Waals surface area contributed by atoms with Crippen LogP contribution in [-0.2, 0) is 23.8 Å². The van der Waals surface area contributed by atoms with E-state index < -0.39 is 0 Å². The Morgan fingerprint density at radius 1 is 0.697 bits per heavy atom. The van der Waals surface area contributed by atoms with Gasteiger partial charge in [0.15, 0.2) is 0 Å². The van der Waals surface area contributed by atoms with E-state index in [2.05, 4.69) is 13.2 Å². The molecule has 0 bridgehead atoms. The highest BCUT2D eigenvalue weighted by Crippen LogP contribution is 2.35. The zero-order valence-corrected chi connectivity index (χ0v) is 21.1. The maximum atomic E-state index is 11.4. The first-order valence-electron chi connectivity index (χ1n) is 13.2. The van der Waals surface area contributed by atoms with Gasteiger partial charge in [0, 0.05) is 11.1 Å². The van der Waals surface area contributed by atoms with Crippen molar-refractivity contribution < 1.29 is 23.8 Å². The molecule has 5 nitrogen and oxygen atoms in total. The molecule has 2 aliphatic carbocycles. The summed E-state index contributed by atoms with van der Waals surface area (Å²) >= 11 is 0. The minimum atomic E-state index is -0.280. The summed E-state index contributed by atoms with van der Waals surface area (Å²) in [6.45, 7) is 11.6. The van der Waals surface area contributed by atoms with Gasteiger partial charge in [-0.05, 0) is 77.0 Å². The van der Waals surface area contributed by atoms with E-state index in [1.54, 1.807) is 13.8 Å². The molecule has 0 heterocycles. The Balaban J connectivity index is 1.58. The van der Waals surface area contributed by atoms with Crippen LogP contribution in [0.25, 0.3) is 0 Å². The summed E-state index contributed by atoms with van der Waals surface area (Å²) in [7, 11) is 0. The van der Waals surface area contributed by atoms with E-state index in [1.165, 1.54) is 64.2 Å². The largest absolute Gasteiger partial charge is 0.462 e. The van der Waals surface area contributed by atoms with Crippen LogP contribution in [0.5, 0.6) is 0 Å². The zero-order chi connectivity index (χ0) is 24.1. The molecule has 0 aromatic rings. The minimum absolute atomic E-state index is 0.280. The molecule has 2 saturated carbocycles. The highest BCUT2D eigenvalue weighted by atomic mass is 16.5. The summed E-state index contributed by atoms with van der Waals surface area (Å²) in [5.41, 5.74) is 0.938. The van der Waals surface area contributed by atoms with Gasteiger partial charge < -0.3 is 14.2 Å². The van der Waals surface area contributed by atoms with Crippen LogP contribution < -0.4 is 0 Å². The molecule has 0 spiro atoms. The number of hydrogen-bond acceptors (Lipinski definition) is 5. The van der Waals surface area contributed by atoms with E-state index >= 15 is 0 Å². The summed E-state index contributed by atoms with van der Waals surface area (Å²) < 4.78 is 17.0. The Bertz CT molecular complexity index is 586. The van der Waals surface area contributed by atoms with Crippen molar-refractivity contribution in [2.45, 2.75) is 116 Å². The second-order valence-electron chi connectivity index (χ2n) is 10.3. The van der Waals surface area contributed by atoms with Gasteiger partial charge >= 0.3 is 11.9 Å². The van der Waals surface area contributed by atoms with Crippen molar-refractivity contribution in [2.24, 2.45) is 11.8 Å². The molecular weight excluding hydrogens is 416 g/mol. The lowest BCUT2D eigenvalue weighted by Gasteiger charge is -2.35. The lowest BCUT2D eigenvalue weighted by Crippen LogP contribution is -2.31. The lowest BCUT2D eigenvalue weighted by atomic mass is 9.82. The van der Waals surface area contributed by atoms with Gasteiger partial charge in [-0.1, -0.05) is 51.7 Å². The standard InChI is InChI=1S/C28H46O5/c1-21(2)27(29)31-17-7-5-11-23-13-9-15-25(19-23)33-26-16-10-14-24(20-26)12-6-8-18-32-28(30)22(3)4/h23-26H,1,3,5-20H2,2,4H3. The van der Waals surface area contributed by atoms with Crippen LogP contribution in [0.1, 0.15) is 104 Å². The summed E-state index contributed by atoms with van der Waals surface area (Å²) in [6.07, 6.45) is 17.2. The quantitative estimate of drug-likeness (QED) is 0.163. The number of hydrogen-bond donors (Lipinski definition) is 0. The van der Waals surface area contributed by atoms with Crippen LogP contribution in [0.3, 0.4) is 0 Å². The van der Waals surface area contributed by atoms with Crippen LogP contribution >= 0.6 is 0 Å². The predicted molar refractivity (Wildman–Crippen MR) is 132 cm³/mol. The monoisotopic (exact) mass is 462 g/mol. The molecule has 4 atom stereocenters. The fourth-order valence-electron chi connectivity index (χ4n) is 5.17. The predicted octanol–water partition coefficient (Wildman–Crippen LogP) is 6.70. The average Bonchev–Trinajstić information content (AvgIpc) is 2.78. The van der Waals surface area contributed by atoms with Gasteiger partial charge in [0.2, 0.25) is 0 Å². The van der Waals surface area contributed by atoms with Gasteiger partial charge in [0.05, 0.1) is 25.4 Å². The first-order chi connectivity index (χ1) is 15.8. The van der Waals surface area contributed by atoms with E-state index in [9.17, 15) is 9.59 Å². The van der Waals surface area contributed by atoms with Crippen molar-refractivity contribution in [3.8, 4) is 0 Å². The fourth-order valence-corrected chi connectivity index (χ4v) is 5.17. The van der Waals surface area contributed by atoms with Crippen LogP contribution in [0.2, 0.25) is 0 Å². The second-order valence-corrected chi connectivity index (χ2v) is 10.3. The summed E-state index contributed by atoms with van der Waals surface area (Å²) in [6, 6.07) is 0. The minimum Gasteiger partial charge on any atom is -0.462 e. The number of ether oxygens (including phenoxy) is 3. The van der Waals surface area contributed by atoms with Crippen LogP contribution in [0, 0.1) is 11.8 Å². The van der Waals surface area contributed by atoms with Gasteiger partial charge in [-0.15, -0.1) is 0 Å². The SMILES string of the molecule is C=C(C)C(=O)OCCCCC1CCCC(OC2CCCC(CCCCOC(=O)C(=C)C)C2)C1. The molecule has 0 aromatic carbocycles. The molecule has 33 heavy (non-hydrogen) atoms. The van der Waals surface area contributed by atoms with Gasteiger partial charge in [0.25, 0.3) is 0 Å². The molecule has 0 amide bonds. The van der Waals surface area contributed by atoms with Crippen molar-refractivity contribution in [1.29, 1.82) is 0 Å². The van der Waals surface area contributed by atoms with E-state index in [4.69, 9.17) is 14.2 Å². The molecule has 0 saturated heterocycles. The first kappa shape index (κ1) is 27.6. The Labute approximate surface area is 201 Å². The van der Waals surface area contributed by atoms with Crippen molar-refractivity contribution in [3.63, 3.8) is 0 Å². The van der Waals surface area contributed by atoms with E-state index in [-0.39, 0.29) is 11.9 Å². The van der Waals surface area contributed by atoms with Crippen LogP contribution in [0.15, 0.2) is 24.3 Å². The molecule has 0 aromatic heterocycles. The van der Waals surface area contributed by atoms with Crippen LogP contribution in [-0.4, -0.2) is 37.4 Å². The number of carbonyl (C=O) groups excluding carboxylic acids is 2. The number of unbranched alkanes of at least 4 members (excludes halogenated alkanes) is 2. The molecule has 4 unspecified atom stereocenters. The topological polar surface area (TPSA) is 61.8 Å². The summed E-state index contributed by atoms with van der Waals surface area (Å²) in [4.78, 5) is 22.9. The molecule has 0 N–H and O–H groups in total. The highest BCUT2D eigenvalue weighted by Gasteiger charge is 2.28. The number of rotatable bonds is 14. The van der Waals surface area contributed by atoms with E-state index in [0.717, 1.165) is 37.5 Å². The molecule has 2 fully saturated rings. The molecule has 0 aliphatic heterocycles. The highest BCUT2D eigenvalue weighted by molar-refractivity contribution is 5.87. The van der Waals surface area contributed by atoms with Gasteiger partial charge in [-0.2, -0.15) is 0 Å². The Hall–Kier alpha value is -1.62. The Morgan fingerprint density at radius 2 is 1.12 bits per heavy atom. The maximum Gasteiger partial charge on any atom is 0.333 e. The van der Waals surface area contributed by atoms with Crippen molar-refractivity contribution >= 4 is 11.9 Å². The van der Waals surface area contributed by atoms with E-state index in [1.807, 2.05) is 0 Å². The first-order valence-corrected chi connectivity index (χ1v) is 13.2. The van der Waals surface area contributed by atoms with Gasteiger partial charge in [-0.25, -0.2) is 9.59 Å². The van der Waals surface area contributed by atoms with Gasteiger partial charge in [-0.3, -0.25) is 0 Å². The Kier molecular flexibility index (Phi) is 12.8. The third-order valence-corrected chi connectivity index (χ3v) is 7.03.